The van der Waals surface area contributed by atoms with Crippen molar-refractivity contribution in [1.82, 2.24) is 14.5 Å². The molecule has 1 fully saturated rings. The number of anilines is 1. The molecule has 1 aliphatic rings. The number of hydrogen-bond donors (Lipinski definition) is 0. The zero-order chi connectivity index (χ0) is 23.0. The van der Waals surface area contributed by atoms with Crippen molar-refractivity contribution in [2.24, 2.45) is 0 Å². The molecule has 1 amide bonds. The molecule has 3 aromatic rings. The molecule has 168 valence electrons. The lowest BCUT2D eigenvalue weighted by molar-refractivity contribution is -0.137. The second-order valence-electron chi connectivity index (χ2n) is 7.38. The Morgan fingerprint density at radius 3 is 2.47 bits per heavy atom. The molecule has 1 aliphatic heterocycles. The number of aromatic nitrogens is 2. The summed E-state index contributed by atoms with van der Waals surface area (Å²) in [6, 6.07) is 8.05. The van der Waals surface area contributed by atoms with Gasteiger partial charge in [0.05, 0.1) is 27.8 Å². The molecule has 0 unspecified atom stereocenters. The Labute approximate surface area is 190 Å². The van der Waals surface area contributed by atoms with Gasteiger partial charge in [0.1, 0.15) is 6.54 Å². The molecule has 0 saturated carbocycles. The number of halogens is 5. The maximum Gasteiger partial charge on any atom is 0.416 e. The third kappa shape index (κ3) is 4.54. The van der Waals surface area contributed by atoms with Crippen LogP contribution in [0.2, 0.25) is 10.0 Å². The Morgan fingerprint density at radius 2 is 1.78 bits per heavy atom. The van der Waals surface area contributed by atoms with Crippen molar-refractivity contribution in [1.29, 1.82) is 0 Å². The van der Waals surface area contributed by atoms with E-state index in [-0.39, 0.29) is 27.9 Å². The van der Waals surface area contributed by atoms with Crippen LogP contribution in [0.3, 0.4) is 0 Å². The molecule has 2 heterocycles. The van der Waals surface area contributed by atoms with E-state index >= 15 is 0 Å². The maximum absolute atomic E-state index is 13.0. The molecule has 1 aromatic heterocycles. The van der Waals surface area contributed by atoms with Crippen molar-refractivity contribution in [3.05, 3.63) is 68.7 Å². The average Bonchev–Trinajstić information content (AvgIpc) is 2.75. The van der Waals surface area contributed by atoms with Gasteiger partial charge in [-0.15, -0.1) is 0 Å². The minimum atomic E-state index is -4.41. The zero-order valence-corrected chi connectivity index (χ0v) is 18.1. The summed E-state index contributed by atoms with van der Waals surface area (Å²) in [4.78, 5) is 33.0. The van der Waals surface area contributed by atoms with Gasteiger partial charge in [-0.05, 0) is 30.3 Å². The molecule has 0 N–H and O–H groups in total. The van der Waals surface area contributed by atoms with E-state index in [9.17, 15) is 22.8 Å². The largest absolute Gasteiger partial charge is 0.416 e. The molecule has 0 aliphatic carbocycles. The first kappa shape index (κ1) is 22.4. The maximum atomic E-state index is 13.0. The summed E-state index contributed by atoms with van der Waals surface area (Å²) < 4.78 is 40.1. The second kappa shape index (κ2) is 8.63. The van der Waals surface area contributed by atoms with E-state index in [0.29, 0.717) is 37.4 Å². The molecular formula is C21H17Cl2F3N4O2. The van der Waals surface area contributed by atoms with Crippen molar-refractivity contribution in [3.63, 3.8) is 0 Å². The number of hydrogen-bond acceptors (Lipinski definition) is 4. The monoisotopic (exact) mass is 484 g/mol. The molecule has 0 spiro atoms. The predicted molar refractivity (Wildman–Crippen MR) is 116 cm³/mol. The van der Waals surface area contributed by atoms with Gasteiger partial charge in [-0.25, -0.2) is 4.98 Å². The zero-order valence-electron chi connectivity index (χ0n) is 16.6. The van der Waals surface area contributed by atoms with E-state index < -0.39 is 17.3 Å². The highest BCUT2D eigenvalue weighted by atomic mass is 35.5. The number of nitrogens with zero attached hydrogens (tertiary/aromatic N) is 4. The fraction of sp³-hybridized carbons (Fsp3) is 0.286. The summed E-state index contributed by atoms with van der Waals surface area (Å²) in [5.41, 5.74) is -0.387. The van der Waals surface area contributed by atoms with Gasteiger partial charge < -0.3 is 9.80 Å². The molecule has 32 heavy (non-hydrogen) atoms. The minimum Gasteiger partial charge on any atom is -0.368 e. The summed E-state index contributed by atoms with van der Waals surface area (Å²) in [6.07, 6.45) is -3.15. The van der Waals surface area contributed by atoms with E-state index in [4.69, 9.17) is 23.2 Å². The van der Waals surface area contributed by atoms with Gasteiger partial charge in [0, 0.05) is 36.9 Å². The summed E-state index contributed by atoms with van der Waals surface area (Å²) in [5.74, 6) is -0.287. The normalized spacial score (nSPS) is 14.8. The van der Waals surface area contributed by atoms with E-state index in [0.717, 1.165) is 12.1 Å². The predicted octanol–water partition coefficient (Wildman–Crippen LogP) is 4.07. The van der Waals surface area contributed by atoms with Crippen LogP contribution in [0.4, 0.5) is 18.9 Å². The standard InChI is InChI=1S/C21H17Cl2F3N4O2/c22-14-9-16-19(17(23)10-14)27-12-30(20(16)32)11-18(31)29-6-4-28(5-7-29)15-3-1-2-13(8-15)21(24,25)26/h1-3,8-10,12H,4-7,11H2. The number of carbonyl (C=O) groups is 1. The van der Waals surface area contributed by atoms with E-state index in [1.54, 1.807) is 15.9 Å². The van der Waals surface area contributed by atoms with Crippen LogP contribution in [-0.2, 0) is 17.5 Å². The first-order valence-corrected chi connectivity index (χ1v) is 10.4. The van der Waals surface area contributed by atoms with Crippen LogP contribution in [0, 0.1) is 0 Å². The third-order valence-corrected chi connectivity index (χ3v) is 5.83. The number of benzene rings is 2. The van der Waals surface area contributed by atoms with Crippen molar-refractivity contribution >= 4 is 45.7 Å². The van der Waals surface area contributed by atoms with Crippen LogP contribution >= 0.6 is 23.2 Å². The number of alkyl halides is 3. The van der Waals surface area contributed by atoms with Crippen molar-refractivity contribution < 1.29 is 18.0 Å². The molecule has 6 nitrogen and oxygen atoms in total. The quantitative estimate of drug-likeness (QED) is 0.562. The van der Waals surface area contributed by atoms with Gasteiger partial charge in [-0.2, -0.15) is 13.2 Å². The van der Waals surface area contributed by atoms with Crippen LogP contribution in [-0.4, -0.2) is 46.5 Å². The first-order valence-electron chi connectivity index (χ1n) is 9.67. The SMILES string of the molecule is O=C(Cn1cnc2c(Cl)cc(Cl)cc2c1=O)N1CCN(c2cccc(C(F)(F)F)c2)CC1. The fourth-order valence-corrected chi connectivity index (χ4v) is 4.19. The summed E-state index contributed by atoms with van der Waals surface area (Å²) in [7, 11) is 0. The minimum absolute atomic E-state index is 0.213. The molecule has 2 aromatic carbocycles. The summed E-state index contributed by atoms with van der Waals surface area (Å²) >= 11 is 12.0. The fourth-order valence-electron chi connectivity index (χ4n) is 3.65. The third-order valence-electron chi connectivity index (χ3n) is 5.32. The smallest absolute Gasteiger partial charge is 0.368 e. The van der Waals surface area contributed by atoms with Gasteiger partial charge in [-0.3, -0.25) is 14.2 Å². The Balaban J connectivity index is 1.45. The van der Waals surface area contributed by atoms with Gasteiger partial charge in [0.15, 0.2) is 0 Å². The Hall–Kier alpha value is -2.78. The lowest BCUT2D eigenvalue weighted by Crippen LogP contribution is -2.50. The highest BCUT2D eigenvalue weighted by Gasteiger charge is 2.31. The number of rotatable bonds is 3. The first-order chi connectivity index (χ1) is 15.1. The van der Waals surface area contributed by atoms with Crippen molar-refractivity contribution in [3.8, 4) is 0 Å². The van der Waals surface area contributed by atoms with Gasteiger partial charge in [-0.1, -0.05) is 29.3 Å². The number of carbonyl (C=O) groups excluding carboxylic acids is 1. The van der Waals surface area contributed by atoms with Crippen LogP contribution in [0.25, 0.3) is 10.9 Å². The molecule has 4 rings (SSSR count). The molecular weight excluding hydrogens is 468 g/mol. The molecule has 0 bridgehead atoms. The Bertz CT molecular complexity index is 1240. The number of piperazine rings is 1. The number of amides is 1. The topological polar surface area (TPSA) is 58.4 Å². The molecule has 1 saturated heterocycles. The van der Waals surface area contributed by atoms with E-state index in [1.165, 1.54) is 29.1 Å². The molecule has 11 heteroatoms. The van der Waals surface area contributed by atoms with Gasteiger partial charge in [0.2, 0.25) is 5.91 Å². The summed E-state index contributed by atoms with van der Waals surface area (Å²) in [5, 5.41) is 0.747. The van der Waals surface area contributed by atoms with Crippen molar-refractivity contribution in [2.45, 2.75) is 12.7 Å². The average molecular weight is 485 g/mol. The van der Waals surface area contributed by atoms with Gasteiger partial charge in [0.25, 0.3) is 5.56 Å². The molecule has 0 radical (unpaired) electrons. The highest BCUT2D eigenvalue weighted by Crippen LogP contribution is 2.32. The summed E-state index contributed by atoms with van der Waals surface area (Å²) in [6.45, 7) is 1.19. The van der Waals surface area contributed by atoms with Crippen LogP contribution in [0.1, 0.15) is 5.56 Å². The lowest BCUT2D eigenvalue weighted by Gasteiger charge is -2.36. The molecule has 0 atom stereocenters. The van der Waals surface area contributed by atoms with Crippen LogP contribution < -0.4 is 10.5 Å². The Kier molecular flexibility index (Phi) is 6.05. The van der Waals surface area contributed by atoms with Crippen LogP contribution in [0.15, 0.2) is 47.5 Å². The van der Waals surface area contributed by atoms with Crippen molar-refractivity contribution in [2.75, 3.05) is 31.1 Å². The van der Waals surface area contributed by atoms with E-state index in [1.807, 2.05) is 0 Å². The number of fused-ring (bicyclic) bond motifs is 1. The van der Waals surface area contributed by atoms with E-state index in [2.05, 4.69) is 4.98 Å². The highest BCUT2D eigenvalue weighted by molar-refractivity contribution is 6.38. The van der Waals surface area contributed by atoms with Gasteiger partial charge >= 0.3 is 6.18 Å². The second-order valence-corrected chi connectivity index (χ2v) is 8.22. The van der Waals surface area contributed by atoms with Crippen LogP contribution in [0.5, 0.6) is 0 Å². The lowest BCUT2D eigenvalue weighted by atomic mass is 10.1. The Morgan fingerprint density at radius 1 is 1.06 bits per heavy atom.